The van der Waals surface area contributed by atoms with Crippen molar-refractivity contribution in [2.75, 3.05) is 0 Å². The van der Waals surface area contributed by atoms with Crippen molar-refractivity contribution in [3.8, 4) is 0 Å². The number of hydrogen-bond acceptors (Lipinski definition) is 2. The first-order valence-electron chi connectivity index (χ1n) is 10.1. The van der Waals surface area contributed by atoms with Gasteiger partial charge in [-0.3, -0.25) is 9.59 Å². The van der Waals surface area contributed by atoms with E-state index in [1.807, 2.05) is 58.9 Å². The quantitative estimate of drug-likeness (QED) is 0.672. The second kappa shape index (κ2) is 10.4. The van der Waals surface area contributed by atoms with Crippen LogP contribution in [0, 0.1) is 13.8 Å². The highest BCUT2D eigenvalue weighted by molar-refractivity contribution is 6.30. The molecule has 0 aromatic heterocycles. The molecule has 0 aliphatic heterocycles. The Kier molecular flexibility index (Phi) is 8.27. The molecule has 0 fully saturated rings. The third-order valence-electron chi connectivity index (χ3n) is 4.72. The van der Waals surface area contributed by atoms with Gasteiger partial charge in [0.05, 0.1) is 6.42 Å². The second-order valence-corrected chi connectivity index (χ2v) is 8.34. The van der Waals surface area contributed by atoms with Crippen molar-refractivity contribution in [1.82, 2.24) is 10.2 Å². The van der Waals surface area contributed by atoms with Gasteiger partial charge in [0.2, 0.25) is 11.8 Å². The summed E-state index contributed by atoms with van der Waals surface area (Å²) < 4.78 is 0. The summed E-state index contributed by atoms with van der Waals surface area (Å²) in [5.41, 5.74) is 4.16. The Morgan fingerprint density at radius 3 is 2.10 bits per heavy atom. The van der Waals surface area contributed by atoms with E-state index in [2.05, 4.69) is 11.4 Å². The molecule has 0 spiro atoms. The Bertz CT molecular complexity index is 826. The molecule has 0 radical (unpaired) electrons. The number of hydrogen-bond donors (Lipinski definition) is 1. The molecule has 0 saturated carbocycles. The van der Waals surface area contributed by atoms with Gasteiger partial charge in [0.25, 0.3) is 0 Å². The lowest BCUT2D eigenvalue weighted by molar-refractivity contribution is -0.141. The highest BCUT2D eigenvalue weighted by Gasteiger charge is 2.29. The van der Waals surface area contributed by atoms with E-state index >= 15 is 0 Å². The molecule has 29 heavy (non-hydrogen) atoms. The minimum absolute atomic E-state index is 0.0171. The summed E-state index contributed by atoms with van der Waals surface area (Å²) in [6.07, 6.45) is 0.812. The van der Waals surface area contributed by atoms with Crippen LogP contribution in [-0.2, 0) is 22.6 Å². The molecule has 2 rings (SSSR count). The zero-order valence-electron chi connectivity index (χ0n) is 18.0. The number of benzene rings is 2. The van der Waals surface area contributed by atoms with Gasteiger partial charge in [-0.2, -0.15) is 0 Å². The van der Waals surface area contributed by atoms with Crippen LogP contribution >= 0.6 is 11.6 Å². The second-order valence-electron chi connectivity index (χ2n) is 7.91. The van der Waals surface area contributed by atoms with Gasteiger partial charge in [-0.1, -0.05) is 60.0 Å². The third kappa shape index (κ3) is 6.90. The number of carbonyl (C=O) groups is 2. The van der Waals surface area contributed by atoms with Gasteiger partial charge in [-0.05, 0) is 57.4 Å². The smallest absolute Gasteiger partial charge is 0.243 e. The van der Waals surface area contributed by atoms with Crippen molar-refractivity contribution in [1.29, 1.82) is 0 Å². The van der Waals surface area contributed by atoms with Gasteiger partial charge in [-0.25, -0.2) is 0 Å². The first-order chi connectivity index (χ1) is 13.7. The van der Waals surface area contributed by atoms with Gasteiger partial charge in [0, 0.05) is 17.6 Å². The van der Waals surface area contributed by atoms with E-state index in [-0.39, 0.29) is 24.3 Å². The maximum Gasteiger partial charge on any atom is 0.243 e. The van der Waals surface area contributed by atoms with E-state index in [0.717, 1.165) is 22.3 Å². The molecule has 0 aliphatic rings. The van der Waals surface area contributed by atoms with Gasteiger partial charge in [0.1, 0.15) is 6.04 Å². The lowest BCUT2D eigenvalue weighted by Gasteiger charge is -2.31. The van der Waals surface area contributed by atoms with Crippen molar-refractivity contribution in [2.24, 2.45) is 0 Å². The van der Waals surface area contributed by atoms with Crippen LogP contribution in [0.5, 0.6) is 0 Å². The monoisotopic (exact) mass is 414 g/mol. The molecule has 2 aromatic carbocycles. The van der Waals surface area contributed by atoms with Crippen molar-refractivity contribution in [2.45, 2.75) is 66.1 Å². The average Bonchev–Trinajstić information content (AvgIpc) is 2.61. The molecule has 2 aromatic rings. The minimum atomic E-state index is -0.522. The Morgan fingerprint density at radius 1 is 1.00 bits per heavy atom. The first kappa shape index (κ1) is 23.0. The van der Waals surface area contributed by atoms with E-state index in [0.29, 0.717) is 18.0 Å². The molecule has 1 unspecified atom stereocenters. The average molecular weight is 415 g/mol. The van der Waals surface area contributed by atoms with Crippen molar-refractivity contribution >= 4 is 23.4 Å². The van der Waals surface area contributed by atoms with Gasteiger partial charge >= 0.3 is 0 Å². The van der Waals surface area contributed by atoms with Gasteiger partial charge in [-0.15, -0.1) is 0 Å². The summed E-state index contributed by atoms with van der Waals surface area (Å²) in [7, 11) is 0. The Labute approximate surface area is 179 Å². The molecule has 0 heterocycles. The topological polar surface area (TPSA) is 49.4 Å². The Hall–Kier alpha value is -2.33. The van der Waals surface area contributed by atoms with Crippen molar-refractivity contribution < 1.29 is 9.59 Å². The lowest BCUT2D eigenvalue weighted by atomic mass is 10.0. The maximum absolute atomic E-state index is 13.3. The molecule has 1 N–H and O–H groups in total. The van der Waals surface area contributed by atoms with Crippen LogP contribution in [0.2, 0.25) is 5.02 Å². The van der Waals surface area contributed by atoms with Crippen LogP contribution in [0.25, 0.3) is 0 Å². The van der Waals surface area contributed by atoms with Crippen LogP contribution in [0.4, 0.5) is 0 Å². The standard InChI is InChI=1S/C24H31ClN2O2/c1-6-22(24(29)26-16(2)3)27(15-19-7-9-21(25)10-8-19)23(28)14-20-12-17(4)11-18(5)13-20/h7-13,16,22H,6,14-15H2,1-5H3,(H,26,29). The number of rotatable bonds is 8. The van der Waals surface area contributed by atoms with Crippen molar-refractivity contribution in [3.63, 3.8) is 0 Å². The number of aryl methyl sites for hydroxylation is 2. The molecule has 1 atom stereocenters. The maximum atomic E-state index is 13.3. The zero-order valence-corrected chi connectivity index (χ0v) is 18.7. The predicted octanol–water partition coefficient (Wildman–Crippen LogP) is 4.83. The number of carbonyl (C=O) groups excluding carboxylic acids is 2. The van der Waals surface area contributed by atoms with Gasteiger partial charge in [0.15, 0.2) is 0 Å². The lowest BCUT2D eigenvalue weighted by Crippen LogP contribution is -2.50. The Morgan fingerprint density at radius 2 is 1.59 bits per heavy atom. The molecule has 2 amide bonds. The fraction of sp³-hybridized carbons (Fsp3) is 0.417. The first-order valence-corrected chi connectivity index (χ1v) is 10.5. The SMILES string of the molecule is CCC(C(=O)NC(C)C)N(Cc1ccc(Cl)cc1)C(=O)Cc1cc(C)cc(C)c1. The van der Waals surface area contributed by atoms with Crippen LogP contribution in [0.3, 0.4) is 0 Å². The molecule has 0 saturated heterocycles. The molecule has 5 heteroatoms. The van der Waals surface area contributed by atoms with E-state index in [1.165, 1.54) is 0 Å². The third-order valence-corrected chi connectivity index (χ3v) is 4.97. The van der Waals surface area contributed by atoms with Crippen LogP contribution in [0.1, 0.15) is 49.4 Å². The summed E-state index contributed by atoms with van der Waals surface area (Å²) in [5, 5.41) is 3.60. The predicted molar refractivity (Wildman–Crippen MR) is 119 cm³/mol. The molecule has 156 valence electrons. The summed E-state index contributed by atoms with van der Waals surface area (Å²) in [6, 6.07) is 13.0. The van der Waals surface area contributed by atoms with E-state index in [9.17, 15) is 9.59 Å². The fourth-order valence-electron chi connectivity index (χ4n) is 3.53. The van der Waals surface area contributed by atoms with E-state index < -0.39 is 6.04 Å². The highest BCUT2D eigenvalue weighted by Crippen LogP contribution is 2.18. The summed E-state index contributed by atoms with van der Waals surface area (Å²) in [6.45, 7) is 10.2. The fourth-order valence-corrected chi connectivity index (χ4v) is 3.66. The van der Waals surface area contributed by atoms with Crippen molar-refractivity contribution in [3.05, 3.63) is 69.7 Å². The summed E-state index contributed by atoms with van der Waals surface area (Å²) in [4.78, 5) is 27.8. The number of halogens is 1. The van der Waals surface area contributed by atoms with Crippen LogP contribution < -0.4 is 5.32 Å². The number of nitrogens with one attached hydrogen (secondary N) is 1. The van der Waals surface area contributed by atoms with Crippen LogP contribution in [-0.4, -0.2) is 28.8 Å². The molecular weight excluding hydrogens is 384 g/mol. The largest absolute Gasteiger partial charge is 0.352 e. The normalized spacial score (nSPS) is 12.0. The molecular formula is C24H31ClN2O2. The summed E-state index contributed by atoms with van der Waals surface area (Å²) >= 11 is 6.00. The minimum Gasteiger partial charge on any atom is -0.352 e. The Balaban J connectivity index is 2.31. The zero-order chi connectivity index (χ0) is 21.6. The number of amides is 2. The van der Waals surface area contributed by atoms with E-state index in [4.69, 9.17) is 11.6 Å². The molecule has 0 bridgehead atoms. The number of nitrogens with zero attached hydrogens (tertiary/aromatic N) is 1. The highest BCUT2D eigenvalue weighted by atomic mass is 35.5. The summed E-state index contributed by atoms with van der Waals surface area (Å²) in [5.74, 6) is -0.180. The van der Waals surface area contributed by atoms with E-state index in [1.54, 1.807) is 17.0 Å². The molecule has 0 aliphatic carbocycles. The van der Waals surface area contributed by atoms with Gasteiger partial charge < -0.3 is 10.2 Å². The molecule has 4 nitrogen and oxygen atoms in total. The van der Waals surface area contributed by atoms with Crippen LogP contribution in [0.15, 0.2) is 42.5 Å².